The fourth-order valence-corrected chi connectivity index (χ4v) is 0.408. The summed E-state index contributed by atoms with van der Waals surface area (Å²) in [5.41, 5.74) is 0. The van der Waals surface area contributed by atoms with Crippen LogP contribution in [0.4, 0.5) is 0 Å². The van der Waals surface area contributed by atoms with E-state index in [-0.39, 0.29) is 60.5 Å². The topological polar surface area (TPSA) is 101 Å². The minimum atomic E-state index is -2.86. The second-order valence-corrected chi connectivity index (χ2v) is 2.08. The Balaban J connectivity index is -0.0000000458. The molecule has 1 atom stereocenters. The number of hydrogen-bond donors (Lipinski definition) is 3. The first kappa shape index (κ1) is 19.9. The van der Waals surface area contributed by atoms with Crippen molar-refractivity contribution in [3.8, 4) is 11.5 Å². The maximum atomic E-state index is 8.61. The van der Waals surface area contributed by atoms with E-state index in [4.69, 9.17) is 23.5 Å². The molecule has 0 radical (unpaired) electrons. The molecule has 72 valence electrons. The first-order chi connectivity index (χ1) is 5.52. The van der Waals surface area contributed by atoms with Gasteiger partial charge in [-0.3, -0.25) is 0 Å². The summed E-state index contributed by atoms with van der Waals surface area (Å²) in [5, 5.41) is 17.2. The van der Waals surface area contributed by atoms with Crippen molar-refractivity contribution in [3.63, 3.8) is 0 Å². The second kappa shape index (κ2) is 11.5. The van der Waals surface area contributed by atoms with Crippen LogP contribution < -0.4 is 0 Å². The van der Waals surface area contributed by atoms with Gasteiger partial charge in [0.15, 0.2) is 0 Å². The average Bonchev–Trinajstić information content (AvgIpc) is 1.94. The molecule has 0 aromatic heterocycles. The molecule has 0 fully saturated rings. The standard InChI is InChI=1S/C6H5O2.2Mg.H2O3S.2H/c7-5-1-2-6(8)4-3-5;;;1-4(2)3;;/h1-3,7-8H;;;(H2,1,2,3);;/q-1;2*+2;;2*-1/p-1. The molecule has 14 heavy (non-hydrogen) atoms. The first-order valence-electron chi connectivity index (χ1n) is 2.70. The molecule has 0 aliphatic carbocycles. The van der Waals surface area contributed by atoms with Gasteiger partial charge in [0.2, 0.25) is 0 Å². The minimum Gasteiger partial charge on any atom is -1.00 e. The van der Waals surface area contributed by atoms with Crippen LogP contribution in [0.1, 0.15) is 2.85 Å². The predicted molar refractivity (Wildman–Crippen MR) is 53.9 cm³/mol. The van der Waals surface area contributed by atoms with E-state index in [2.05, 4.69) is 6.07 Å². The quantitative estimate of drug-likeness (QED) is 0.250. The molecule has 0 saturated carbocycles. The molecular weight excluding hydrogens is 233 g/mol. The maximum Gasteiger partial charge on any atom is 2.00 e. The Hall–Kier alpha value is 0.422. The van der Waals surface area contributed by atoms with E-state index in [9.17, 15) is 0 Å². The molecular formula is C6H8Mg2O5S. The van der Waals surface area contributed by atoms with E-state index >= 15 is 0 Å². The number of phenolic OH excluding ortho intramolecular Hbond substituents is 2. The molecule has 0 aliphatic rings. The number of aromatic hydroxyl groups is 2. The van der Waals surface area contributed by atoms with Crippen LogP contribution in [-0.2, 0) is 11.4 Å². The van der Waals surface area contributed by atoms with E-state index in [1.54, 1.807) is 0 Å². The molecule has 1 rings (SSSR count). The van der Waals surface area contributed by atoms with E-state index in [1.807, 2.05) is 0 Å². The van der Waals surface area contributed by atoms with Crippen molar-refractivity contribution in [3.05, 3.63) is 24.3 Å². The zero-order chi connectivity index (χ0) is 9.56. The number of hydrogen-bond acceptors (Lipinski definition) is 4. The summed E-state index contributed by atoms with van der Waals surface area (Å²) in [4.78, 5) is 0. The first-order valence-corrected chi connectivity index (χ1v) is 3.73. The molecule has 5 nitrogen and oxygen atoms in total. The van der Waals surface area contributed by atoms with Gasteiger partial charge in [0.1, 0.15) is 0 Å². The fourth-order valence-electron chi connectivity index (χ4n) is 0.408. The van der Waals surface area contributed by atoms with Gasteiger partial charge in [-0.1, -0.05) is 0 Å². The van der Waals surface area contributed by atoms with Crippen LogP contribution in [0.2, 0.25) is 0 Å². The summed E-state index contributed by atoms with van der Waals surface area (Å²) >= 11 is -2.86. The maximum absolute atomic E-state index is 8.61. The number of phenols is 2. The Morgan fingerprint density at radius 3 is 2.00 bits per heavy atom. The van der Waals surface area contributed by atoms with Crippen LogP contribution in [0.3, 0.4) is 0 Å². The summed E-state index contributed by atoms with van der Waals surface area (Å²) in [6.07, 6.45) is 0. The summed E-state index contributed by atoms with van der Waals surface area (Å²) in [6, 6.07) is 6.47. The van der Waals surface area contributed by atoms with Gasteiger partial charge in [-0.2, -0.15) is 0 Å². The Labute approximate surface area is 119 Å². The smallest absolute Gasteiger partial charge is 1.00 e. The third-order valence-electron chi connectivity index (χ3n) is 0.780. The van der Waals surface area contributed by atoms with Crippen LogP contribution in [0.5, 0.6) is 11.5 Å². The van der Waals surface area contributed by atoms with Crippen molar-refractivity contribution in [1.29, 1.82) is 0 Å². The van der Waals surface area contributed by atoms with Crippen molar-refractivity contribution in [1.82, 2.24) is 0 Å². The molecule has 0 aliphatic heterocycles. The zero-order valence-electron chi connectivity index (χ0n) is 9.21. The van der Waals surface area contributed by atoms with Gasteiger partial charge in [0.25, 0.3) is 0 Å². The van der Waals surface area contributed by atoms with Crippen LogP contribution in [0.15, 0.2) is 18.2 Å². The van der Waals surface area contributed by atoms with Crippen molar-refractivity contribution in [2.45, 2.75) is 0 Å². The third kappa shape index (κ3) is 14.9. The second-order valence-electron chi connectivity index (χ2n) is 1.65. The largest absolute Gasteiger partial charge is 2.00 e. The van der Waals surface area contributed by atoms with Crippen molar-refractivity contribution >= 4 is 57.5 Å². The summed E-state index contributed by atoms with van der Waals surface area (Å²) < 4.78 is 24.1. The molecule has 0 heterocycles. The molecule has 0 saturated heterocycles. The summed E-state index contributed by atoms with van der Waals surface area (Å²) in [5.74, 6) is 0.158. The minimum absolute atomic E-state index is 0. The van der Waals surface area contributed by atoms with E-state index < -0.39 is 11.4 Å². The Kier molecular flexibility index (Phi) is 16.4. The summed E-state index contributed by atoms with van der Waals surface area (Å²) in [7, 11) is 0. The van der Waals surface area contributed by atoms with Crippen molar-refractivity contribution in [2.24, 2.45) is 0 Å². The number of benzene rings is 1. The zero-order valence-corrected chi connectivity index (χ0v) is 10.9. The Morgan fingerprint density at radius 2 is 1.79 bits per heavy atom. The predicted octanol–water partition coefficient (Wildman–Crippen LogP) is -0.300. The van der Waals surface area contributed by atoms with Crippen LogP contribution in [0.25, 0.3) is 0 Å². The molecule has 0 bridgehead atoms. The SMILES string of the molecule is O=S([O-])O.Oc1[c-]cc(O)cc1.[H-].[H-].[Mg+2].[Mg+2]. The molecule has 8 heteroatoms. The van der Waals surface area contributed by atoms with Gasteiger partial charge in [0, 0.05) is 11.5 Å². The normalized spacial score (nSPS) is 9.57. The van der Waals surface area contributed by atoms with Gasteiger partial charge in [-0.15, -0.1) is 24.3 Å². The molecule has 0 spiro atoms. The Morgan fingerprint density at radius 1 is 1.36 bits per heavy atom. The molecule has 1 unspecified atom stereocenters. The van der Waals surface area contributed by atoms with Crippen LogP contribution in [0, 0.1) is 6.07 Å². The molecule has 3 N–H and O–H groups in total. The number of rotatable bonds is 0. The molecule has 1 aromatic carbocycles. The monoisotopic (exact) mass is 240 g/mol. The Bertz CT molecular complexity index is 237. The molecule has 0 amide bonds. The van der Waals surface area contributed by atoms with Crippen LogP contribution in [-0.4, -0.2) is 69.6 Å². The van der Waals surface area contributed by atoms with Gasteiger partial charge in [0.05, 0.1) is 11.4 Å². The van der Waals surface area contributed by atoms with E-state index in [0.717, 1.165) is 0 Å². The third-order valence-corrected chi connectivity index (χ3v) is 0.780. The van der Waals surface area contributed by atoms with Gasteiger partial charge < -0.3 is 22.2 Å². The van der Waals surface area contributed by atoms with Gasteiger partial charge in [-0.05, 0) is 0 Å². The van der Waals surface area contributed by atoms with Crippen LogP contribution >= 0.6 is 0 Å². The van der Waals surface area contributed by atoms with E-state index in [0.29, 0.717) is 0 Å². The average molecular weight is 241 g/mol. The van der Waals surface area contributed by atoms with Crippen molar-refractivity contribution < 1.29 is 26.4 Å². The van der Waals surface area contributed by atoms with Gasteiger partial charge >= 0.3 is 46.1 Å². The fraction of sp³-hybridized carbons (Fsp3) is 0. The van der Waals surface area contributed by atoms with E-state index in [1.165, 1.54) is 18.2 Å². The van der Waals surface area contributed by atoms with Crippen molar-refractivity contribution in [2.75, 3.05) is 0 Å². The summed E-state index contributed by atoms with van der Waals surface area (Å²) in [6.45, 7) is 0. The van der Waals surface area contributed by atoms with Gasteiger partial charge in [-0.25, -0.2) is 4.21 Å². The molecule has 1 aromatic rings.